The summed E-state index contributed by atoms with van der Waals surface area (Å²) < 4.78 is 1.60. The molecule has 1 aliphatic carbocycles. The Kier molecular flexibility index (Phi) is 4.63. The summed E-state index contributed by atoms with van der Waals surface area (Å²) in [5.74, 6) is -0.256. The molecule has 0 radical (unpaired) electrons. The highest BCUT2D eigenvalue weighted by molar-refractivity contribution is 6.15. The van der Waals surface area contributed by atoms with Gasteiger partial charge in [0.25, 0.3) is 11.8 Å². The van der Waals surface area contributed by atoms with Crippen LogP contribution in [0.4, 0.5) is 11.6 Å². The third kappa shape index (κ3) is 3.79. The Morgan fingerprint density at radius 3 is 2.84 bits per heavy atom. The summed E-state index contributed by atoms with van der Waals surface area (Å²) in [6.45, 7) is 0. The van der Waals surface area contributed by atoms with Crippen molar-refractivity contribution in [3.8, 4) is 6.07 Å². The Morgan fingerprint density at radius 2 is 2.12 bits per heavy atom. The molecule has 2 fully saturated rings. The molecular weight excluding hydrogens is 410 g/mol. The summed E-state index contributed by atoms with van der Waals surface area (Å²) in [5.41, 5.74) is 2.01. The maximum atomic E-state index is 12.7. The second-order valence-electron chi connectivity index (χ2n) is 7.65. The van der Waals surface area contributed by atoms with Gasteiger partial charge < -0.3 is 10.6 Å². The molecule has 5 rings (SSSR count). The van der Waals surface area contributed by atoms with E-state index in [-0.39, 0.29) is 12.3 Å². The van der Waals surface area contributed by atoms with E-state index < -0.39 is 11.8 Å². The van der Waals surface area contributed by atoms with Crippen molar-refractivity contribution in [2.45, 2.75) is 25.3 Å². The number of carbonyl (C=O) groups excluding carboxylic acids is 3. The van der Waals surface area contributed by atoms with Crippen LogP contribution in [0.25, 0.3) is 11.7 Å². The number of fused-ring (bicyclic) bond motifs is 1. The Labute approximate surface area is 181 Å². The zero-order valence-electron chi connectivity index (χ0n) is 16.8. The normalized spacial score (nSPS) is 16.8. The molecule has 3 aromatic rings. The highest BCUT2D eigenvalue weighted by atomic mass is 16.2. The predicted octanol–water partition coefficient (Wildman–Crippen LogP) is 1.86. The standard InChI is InChI=1S/C22H17N7O3/c23-10-12-2-1-3-13(6-12)21(31)27-17-9-18(25-16-4-5-16)29-20(26-17)15(11-24-29)7-14-8-19(30)28-22(14)32/h1-3,6-7,9,11,16,25H,4-5,8H2,(H,26,27,31)(H,28,30,32)/b14-7+. The molecule has 10 nitrogen and oxygen atoms in total. The van der Waals surface area contributed by atoms with Gasteiger partial charge in [0.15, 0.2) is 5.65 Å². The fourth-order valence-corrected chi connectivity index (χ4v) is 3.41. The van der Waals surface area contributed by atoms with Gasteiger partial charge in [-0.2, -0.15) is 14.9 Å². The number of rotatable bonds is 5. The lowest BCUT2D eigenvalue weighted by Gasteiger charge is -2.11. The number of aromatic nitrogens is 3. The number of hydrogen-bond donors (Lipinski definition) is 3. The van der Waals surface area contributed by atoms with Crippen LogP contribution in [0.5, 0.6) is 0 Å². The van der Waals surface area contributed by atoms with E-state index >= 15 is 0 Å². The summed E-state index contributed by atoms with van der Waals surface area (Å²) in [7, 11) is 0. The van der Waals surface area contributed by atoms with Gasteiger partial charge in [0.1, 0.15) is 11.6 Å². The fraction of sp³-hybridized carbons (Fsp3) is 0.182. The molecule has 158 valence electrons. The molecule has 10 heteroatoms. The Balaban J connectivity index is 1.53. The van der Waals surface area contributed by atoms with Crippen molar-refractivity contribution < 1.29 is 14.4 Å². The number of benzene rings is 1. The zero-order chi connectivity index (χ0) is 22.2. The minimum atomic E-state index is -0.437. The van der Waals surface area contributed by atoms with Gasteiger partial charge in [-0.05, 0) is 37.1 Å². The number of nitrogens with one attached hydrogen (secondary N) is 3. The molecule has 2 aliphatic rings. The lowest BCUT2D eigenvalue weighted by Crippen LogP contribution is -2.19. The summed E-state index contributed by atoms with van der Waals surface area (Å²) >= 11 is 0. The monoisotopic (exact) mass is 427 g/mol. The molecule has 1 aromatic carbocycles. The van der Waals surface area contributed by atoms with E-state index in [1.165, 1.54) is 6.07 Å². The van der Waals surface area contributed by atoms with Crippen molar-refractivity contribution in [1.29, 1.82) is 5.26 Å². The number of carbonyl (C=O) groups is 3. The number of imide groups is 1. The van der Waals surface area contributed by atoms with Crippen LogP contribution in [0.2, 0.25) is 0 Å². The molecular formula is C22H17N7O3. The molecule has 0 bridgehead atoms. The van der Waals surface area contributed by atoms with E-state index in [1.807, 2.05) is 6.07 Å². The van der Waals surface area contributed by atoms with E-state index in [0.29, 0.717) is 45.6 Å². The molecule has 1 saturated carbocycles. The van der Waals surface area contributed by atoms with Crippen LogP contribution in [-0.2, 0) is 9.59 Å². The predicted molar refractivity (Wildman–Crippen MR) is 114 cm³/mol. The number of nitrogens with zero attached hydrogens (tertiary/aromatic N) is 4. The summed E-state index contributed by atoms with van der Waals surface area (Å²) in [4.78, 5) is 40.7. The average Bonchev–Trinajstić information content (AvgIpc) is 3.42. The molecule has 3 N–H and O–H groups in total. The van der Waals surface area contributed by atoms with E-state index in [1.54, 1.807) is 41.1 Å². The van der Waals surface area contributed by atoms with Crippen molar-refractivity contribution in [2.75, 3.05) is 10.6 Å². The maximum absolute atomic E-state index is 12.7. The third-order valence-corrected chi connectivity index (χ3v) is 5.15. The summed E-state index contributed by atoms with van der Waals surface area (Å²) in [6, 6.07) is 10.4. The van der Waals surface area contributed by atoms with Gasteiger partial charge in [-0.1, -0.05) is 6.07 Å². The summed E-state index contributed by atoms with van der Waals surface area (Å²) in [6.07, 6.45) is 5.21. The van der Waals surface area contributed by atoms with Crippen LogP contribution < -0.4 is 16.0 Å². The smallest absolute Gasteiger partial charge is 0.256 e. The molecule has 0 unspecified atom stereocenters. The molecule has 3 amide bonds. The van der Waals surface area contributed by atoms with E-state index in [0.717, 1.165) is 12.8 Å². The van der Waals surface area contributed by atoms with Gasteiger partial charge in [-0.15, -0.1) is 0 Å². The number of hydrogen-bond acceptors (Lipinski definition) is 7. The van der Waals surface area contributed by atoms with Crippen molar-refractivity contribution in [2.24, 2.45) is 0 Å². The van der Waals surface area contributed by atoms with Gasteiger partial charge >= 0.3 is 0 Å². The lowest BCUT2D eigenvalue weighted by molar-refractivity contribution is -0.124. The van der Waals surface area contributed by atoms with Crippen LogP contribution in [0, 0.1) is 11.3 Å². The summed E-state index contributed by atoms with van der Waals surface area (Å²) in [5, 5.41) is 21.8. The molecule has 0 atom stereocenters. The molecule has 3 heterocycles. The van der Waals surface area contributed by atoms with Crippen LogP contribution in [0.15, 0.2) is 42.1 Å². The van der Waals surface area contributed by atoms with Gasteiger partial charge in [0, 0.05) is 28.8 Å². The highest BCUT2D eigenvalue weighted by Gasteiger charge is 2.26. The van der Waals surface area contributed by atoms with Crippen molar-refractivity contribution in [1.82, 2.24) is 19.9 Å². The number of amides is 3. The fourth-order valence-electron chi connectivity index (χ4n) is 3.41. The first-order valence-corrected chi connectivity index (χ1v) is 10.0. The molecule has 0 spiro atoms. The maximum Gasteiger partial charge on any atom is 0.256 e. The van der Waals surface area contributed by atoms with Crippen molar-refractivity contribution >= 4 is 41.1 Å². The minimum absolute atomic E-state index is 0.00495. The first-order chi connectivity index (χ1) is 15.5. The van der Waals surface area contributed by atoms with E-state index in [4.69, 9.17) is 5.26 Å². The Bertz CT molecular complexity index is 1360. The van der Waals surface area contributed by atoms with E-state index in [2.05, 4.69) is 26.0 Å². The first-order valence-electron chi connectivity index (χ1n) is 10.0. The quantitative estimate of drug-likeness (QED) is 0.417. The molecule has 32 heavy (non-hydrogen) atoms. The van der Waals surface area contributed by atoms with Crippen LogP contribution in [-0.4, -0.2) is 38.4 Å². The lowest BCUT2D eigenvalue weighted by atomic mass is 10.1. The third-order valence-electron chi connectivity index (χ3n) is 5.15. The van der Waals surface area contributed by atoms with Gasteiger partial charge in [-0.3, -0.25) is 19.7 Å². The second kappa shape index (κ2) is 7.63. The van der Waals surface area contributed by atoms with E-state index in [9.17, 15) is 14.4 Å². The van der Waals surface area contributed by atoms with Crippen molar-refractivity contribution in [3.05, 3.63) is 58.8 Å². The van der Waals surface area contributed by atoms with Crippen LogP contribution in [0.1, 0.15) is 40.7 Å². The molecule has 2 aromatic heterocycles. The SMILES string of the molecule is N#Cc1cccc(C(=O)Nc2cc(NC3CC3)n3ncc(/C=C4\CC(=O)NC4=O)c3n2)c1. The average molecular weight is 427 g/mol. The first kappa shape index (κ1) is 19.4. The van der Waals surface area contributed by atoms with Gasteiger partial charge in [0.05, 0.1) is 24.3 Å². The Hall–Kier alpha value is -4.52. The molecule has 1 saturated heterocycles. The molecule has 1 aliphatic heterocycles. The van der Waals surface area contributed by atoms with Gasteiger partial charge in [0.2, 0.25) is 5.91 Å². The largest absolute Gasteiger partial charge is 0.367 e. The van der Waals surface area contributed by atoms with Crippen LogP contribution in [0.3, 0.4) is 0 Å². The Morgan fingerprint density at radius 1 is 1.28 bits per heavy atom. The zero-order valence-corrected chi connectivity index (χ0v) is 16.8. The minimum Gasteiger partial charge on any atom is -0.367 e. The van der Waals surface area contributed by atoms with Gasteiger partial charge in [-0.25, -0.2) is 4.98 Å². The highest BCUT2D eigenvalue weighted by Crippen LogP contribution is 2.28. The number of nitriles is 1. The second-order valence-corrected chi connectivity index (χ2v) is 7.65. The topological polar surface area (TPSA) is 141 Å². The van der Waals surface area contributed by atoms with Crippen LogP contribution >= 0.6 is 0 Å². The number of anilines is 2. The van der Waals surface area contributed by atoms with Crippen molar-refractivity contribution in [3.63, 3.8) is 0 Å².